The van der Waals surface area contributed by atoms with Gasteiger partial charge in [-0.2, -0.15) is 0 Å². The van der Waals surface area contributed by atoms with Crippen LogP contribution in [0.15, 0.2) is 17.0 Å². The highest BCUT2D eigenvalue weighted by atomic mass is 35.7. The molecule has 0 amide bonds. The van der Waals surface area contributed by atoms with Gasteiger partial charge in [0.1, 0.15) is 0 Å². The molecule has 0 aliphatic heterocycles. The molecule has 0 bridgehead atoms. The van der Waals surface area contributed by atoms with E-state index < -0.39 is 5.97 Å². The molecule has 0 atom stereocenters. The highest BCUT2D eigenvalue weighted by molar-refractivity contribution is 8.21. The summed E-state index contributed by atoms with van der Waals surface area (Å²) in [6.45, 7) is 0. The van der Waals surface area contributed by atoms with E-state index in [2.05, 4.69) is 0 Å². The molecule has 0 aliphatic carbocycles. The molecule has 0 heterocycles. The summed E-state index contributed by atoms with van der Waals surface area (Å²) in [7, 11) is 6.31. The van der Waals surface area contributed by atoms with Gasteiger partial charge in [0, 0.05) is 4.90 Å². The molecule has 70 valence electrons. The van der Waals surface area contributed by atoms with E-state index in [0.29, 0.717) is 9.92 Å². The van der Waals surface area contributed by atoms with Crippen molar-refractivity contribution in [2.24, 2.45) is 0 Å². The maximum Gasteiger partial charge on any atom is 0.337 e. The lowest BCUT2D eigenvalue weighted by Gasteiger charge is -2.02. The first-order valence-electron chi connectivity index (χ1n) is 3.07. The van der Waals surface area contributed by atoms with Crippen molar-refractivity contribution in [3.63, 3.8) is 0 Å². The molecule has 0 saturated carbocycles. The molecular formula is C7H3Cl3O2S. The second kappa shape index (κ2) is 4.42. The number of carbonyl (C=O) groups is 1. The molecule has 0 radical (unpaired) electrons. The second-order valence-corrected chi connectivity index (χ2v) is 4.02. The molecule has 1 aromatic rings. The van der Waals surface area contributed by atoms with E-state index in [-0.39, 0.29) is 10.6 Å². The standard InChI is InChI=1S/C7H3Cl3O2S/c8-4-2-5(9)6(13-10)1-3(4)7(11)12/h1-2H,(H,11,12). The largest absolute Gasteiger partial charge is 0.478 e. The zero-order chi connectivity index (χ0) is 10.0. The summed E-state index contributed by atoms with van der Waals surface area (Å²) < 4.78 is 0. The molecule has 0 unspecified atom stereocenters. The third-order valence-electron chi connectivity index (χ3n) is 1.34. The molecule has 6 heteroatoms. The number of hydrogen-bond acceptors (Lipinski definition) is 2. The van der Waals surface area contributed by atoms with Gasteiger partial charge < -0.3 is 5.11 Å². The summed E-state index contributed by atoms with van der Waals surface area (Å²) in [4.78, 5) is 11.1. The molecular weight excluding hydrogens is 255 g/mol. The molecule has 1 N–H and O–H groups in total. The molecule has 0 aromatic heterocycles. The van der Waals surface area contributed by atoms with E-state index in [9.17, 15) is 4.79 Å². The predicted octanol–water partition coefficient (Wildman–Crippen LogP) is 3.94. The van der Waals surface area contributed by atoms with Crippen molar-refractivity contribution in [3.05, 3.63) is 27.7 Å². The van der Waals surface area contributed by atoms with Gasteiger partial charge in [0.2, 0.25) is 0 Å². The van der Waals surface area contributed by atoms with Crippen LogP contribution in [0.1, 0.15) is 10.4 Å². The molecule has 2 nitrogen and oxygen atoms in total. The molecule has 1 rings (SSSR count). The lowest BCUT2D eigenvalue weighted by Crippen LogP contribution is -1.97. The highest BCUT2D eigenvalue weighted by Gasteiger charge is 2.12. The Morgan fingerprint density at radius 1 is 1.31 bits per heavy atom. The third kappa shape index (κ3) is 2.44. The van der Waals surface area contributed by atoms with Crippen LogP contribution >= 0.6 is 44.9 Å². The summed E-state index contributed by atoms with van der Waals surface area (Å²) in [6, 6.07) is 2.70. The van der Waals surface area contributed by atoms with Gasteiger partial charge in [-0.15, -0.1) is 0 Å². The summed E-state index contributed by atoms with van der Waals surface area (Å²) in [5.41, 5.74) is -0.00535. The van der Waals surface area contributed by atoms with Crippen molar-refractivity contribution in [2.75, 3.05) is 0 Å². The minimum absolute atomic E-state index is 0.00535. The number of benzene rings is 1. The van der Waals surface area contributed by atoms with Crippen molar-refractivity contribution in [1.82, 2.24) is 0 Å². The van der Waals surface area contributed by atoms with E-state index in [1.807, 2.05) is 0 Å². The summed E-state index contributed by atoms with van der Waals surface area (Å²) in [5, 5.41) is 9.14. The number of rotatable bonds is 2. The molecule has 0 saturated heterocycles. The summed E-state index contributed by atoms with van der Waals surface area (Å²) in [5.74, 6) is -1.10. The minimum Gasteiger partial charge on any atom is -0.478 e. The van der Waals surface area contributed by atoms with Crippen LogP contribution in [0.25, 0.3) is 0 Å². The van der Waals surface area contributed by atoms with Crippen LogP contribution < -0.4 is 0 Å². The maximum atomic E-state index is 10.6. The van der Waals surface area contributed by atoms with Gasteiger partial charge in [0.15, 0.2) is 0 Å². The number of carboxylic acids is 1. The van der Waals surface area contributed by atoms with Gasteiger partial charge in [-0.05, 0) is 33.8 Å². The van der Waals surface area contributed by atoms with Gasteiger partial charge in [-0.3, -0.25) is 0 Å². The fraction of sp³-hybridized carbons (Fsp3) is 0. The average Bonchev–Trinajstić information content (AvgIpc) is 2.03. The Labute approximate surface area is 93.3 Å². The Hall–Kier alpha value is -0.0900. The molecule has 0 spiro atoms. The first-order valence-corrected chi connectivity index (χ1v) is 5.47. The lowest BCUT2D eigenvalue weighted by atomic mass is 10.2. The first kappa shape index (κ1) is 11.0. The smallest absolute Gasteiger partial charge is 0.337 e. The van der Waals surface area contributed by atoms with Crippen LogP contribution in [0.5, 0.6) is 0 Å². The van der Waals surface area contributed by atoms with Crippen LogP contribution in [-0.2, 0) is 0 Å². The van der Waals surface area contributed by atoms with Gasteiger partial charge in [0.05, 0.1) is 15.6 Å². The topological polar surface area (TPSA) is 37.3 Å². The molecule has 0 aliphatic rings. The summed E-state index contributed by atoms with van der Waals surface area (Å²) >= 11 is 11.4. The minimum atomic E-state index is -1.10. The van der Waals surface area contributed by atoms with Gasteiger partial charge in [0.25, 0.3) is 0 Å². The highest BCUT2D eigenvalue weighted by Crippen LogP contribution is 2.34. The van der Waals surface area contributed by atoms with Crippen LogP contribution in [-0.4, -0.2) is 11.1 Å². The van der Waals surface area contributed by atoms with Gasteiger partial charge in [-0.1, -0.05) is 23.2 Å². The van der Waals surface area contributed by atoms with Crippen molar-refractivity contribution in [3.8, 4) is 0 Å². The monoisotopic (exact) mass is 256 g/mol. The third-order valence-corrected chi connectivity index (χ3v) is 3.08. The molecule has 1 aromatic carbocycles. The molecule has 0 fully saturated rings. The second-order valence-electron chi connectivity index (χ2n) is 2.14. The Morgan fingerprint density at radius 2 is 1.92 bits per heavy atom. The van der Waals surface area contributed by atoms with Crippen LogP contribution in [0.3, 0.4) is 0 Å². The summed E-state index contributed by atoms with van der Waals surface area (Å²) in [6.07, 6.45) is 0. The number of carboxylic acid groups (broad SMARTS) is 1. The van der Waals surface area contributed by atoms with Crippen molar-refractivity contribution >= 4 is 50.8 Å². The predicted molar refractivity (Wildman–Crippen MR) is 55.1 cm³/mol. The Balaban J connectivity index is 3.30. The lowest BCUT2D eigenvalue weighted by molar-refractivity contribution is 0.0697. The Kier molecular flexibility index (Phi) is 3.74. The molecule has 13 heavy (non-hydrogen) atoms. The fourth-order valence-electron chi connectivity index (χ4n) is 0.752. The van der Waals surface area contributed by atoms with E-state index in [4.69, 9.17) is 39.0 Å². The van der Waals surface area contributed by atoms with Crippen molar-refractivity contribution < 1.29 is 9.90 Å². The van der Waals surface area contributed by atoms with Crippen LogP contribution in [0.4, 0.5) is 0 Å². The average molecular weight is 258 g/mol. The van der Waals surface area contributed by atoms with Crippen molar-refractivity contribution in [1.29, 1.82) is 0 Å². The van der Waals surface area contributed by atoms with Gasteiger partial charge >= 0.3 is 5.97 Å². The van der Waals surface area contributed by atoms with E-state index in [1.165, 1.54) is 12.1 Å². The number of aromatic carboxylic acids is 1. The Morgan fingerprint density at radius 3 is 2.38 bits per heavy atom. The van der Waals surface area contributed by atoms with Crippen molar-refractivity contribution in [2.45, 2.75) is 4.90 Å². The van der Waals surface area contributed by atoms with Gasteiger partial charge in [-0.25, -0.2) is 4.79 Å². The number of hydrogen-bond donors (Lipinski definition) is 1. The van der Waals surface area contributed by atoms with Crippen LogP contribution in [0.2, 0.25) is 10.0 Å². The van der Waals surface area contributed by atoms with E-state index in [1.54, 1.807) is 0 Å². The first-order chi connectivity index (χ1) is 6.06. The van der Waals surface area contributed by atoms with E-state index >= 15 is 0 Å². The van der Waals surface area contributed by atoms with E-state index in [0.717, 1.165) is 11.0 Å². The maximum absolute atomic E-state index is 10.6. The van der Waals surface area contributed by atoms with Crippen LogP contribution in [0, 0.1) is 0 Å². The quantitative estimate of drug-likeness (QED) is 0.872. The Bertz CT molecular complexity index is 354. The fourth-order valence-corrected chi connectivity index (χ4v) is 2.13. The zero-order valence-corrected chi connectivity index (χ0v) is 9.14. The number of halogens is 3. The SMILES string of the molecule is O=C(O)c1cc(SCl)c(Cl)cc1Cl. The zero-order valence-electron chi connectivity index (χ0n) is 6.05. The normalized spacial score (nSPS) is 10.1.